The molecule has 4 aromatic carbocycles. The highest BCUT2D eigenvalue weighted by Gasteiger charge is 2.26. The Bertz CT molecular complexity index is 1210. The maximum atomic E-state index is 13.3. The van der Waals surface area contributed by atoms with Crippen LogP contribution in [0.25, 0.3) is 11.1 Å². The van der Waals surface area contributed by atoms with Crippen LogP contribution in [0.1, 0.15) is 37.5 Å². The van der Waals surface area contributed by atoms with Crippen molar-refractivity contribution < 1.29 is 9.53 Å². The number of hydrogen-bond donors (Lipinski definition) is 0. The van der Waals surface area contributed by atoms with E-state index in [1.807, 2.05) is 99.6 Å². The summed E-state index contributed by atoms with van der Waals surface area (Å²) in [5, 5.41) is 0. The summed E-state index contributed by atoms with van der Waals surface area (Å²) in [7, 11) is 0. The number of hydrogen-bond acceptors (Lipinski definition) is 3. The third-order valence-electron chi connectivity index (χ3n) is 5.55. The monoisotopic (exact) mass is 461 g/mol. The van der Waals surface area contributed by atoms with Gasteiger partial charge in [0.05, 0.1) is 5.71 Å². The van der Waals surface area contributed by atoms with Crippen molar-refractivity contribution in [3.63, 3.8) is 0 Å². The van der Waals surface area contributed by atoms with Crippen LogP contribution in [0.3, 0.4) is 0 Å². The topological polar surface area (TPSA) is 38.7 Å². The number of nitrogens with zero attached hydrogens (tertiary/aromatic N) is 1. The number of aliphatic imine (C=N–C) groups is 1. The first-order valence-electron chi connectivity index (χ1n) is 11.9. The van der Waals surface area contributed by atoms with Gasteiger partial charge in [-0.15, -0.1) is 0 Å². The van der Waals surface area contributed by atoms with Crippen molar-refractivity contribution in [1.82, 2.24) is 0 Å². The number of benzene rings is 4. The molecule has 0 saturated carbocycles. The Morgan fingerprint density at radius 3 is 1.63 bits per heavy atom. The van der Waals surface area contributed by atoms with E-state index in [1.54, 1.807) is 0 Å². The summed E-state index contributed by atoms with van der Waals surface area (Å²) < 4.78 is 5.79. The van der Waals surface area contributed by atoms with Crippen molar-refractivity contribution in [2.75, 3.05) is 0 Å². The molecule has 4 aromatic rings. The van der Waals surface area contributed by atoms with Crippen molar-refractivity contribution in [3.8, 4) is 11.1 Å². The molecule has 4 rings (SSSR count). The molecule has 0 amide bonds. The predicted octanol–water partition coefficient (Wildman–Crippen LogP) is 7.14. The molecule has 0 radical (unpaired) electrons. The Hall–Kier alpha value is -3.98. The van der Waals surface area contributed by atoms with Gasteiger partial charge in [-0.05, 0) is 37.5 Å². The van der Waals surface area contributed by atoms with Crippen LogP contribution in [-0.4, -0.2) is 23.3 Å². The second-order valence-corrected chi connectivity index (χ2v) is 9.53. The first-order chi connectivity index (χ1) is 16.9. The molecule has 0 saturated heterocycles. The van der Waals surface area contributed by atoms with Crippen molar-refractivity contribution in [3.05, 3.63) is 132 Å². The Kier molecular flexibility index (Phi) is 7.57. The van der Waals surface area contributed by atoms with E-state index in [1.165, 1.54) is 0 Å². The molecule has 3 heteroatoms. The zero-order valence-electron chi connectivity index (χ0n) is 20.5. The Morgan fingerprint density at radius 1 is 0.686 bits per heavy atom. The second kappa shape index (κ2) is 11.0. The maximum Gasteiger partial charge on any atom is 0.331 e. The number of ether oxygens (including phenoxy) is 1. The lowest BCUT2D eigenvalue weighted by Gasteiger charge is -2.23. The van der Waals surface area contributed by atoms with Crippen LogP contribution in [0.4, 0.5) is 0 Å². The molecule has 0 unspecified atom stereocenters. The highest BCUT2D eigenvalue weighted by atomic mass is 16.6. The van der Waals surface area contributed by atoms with E-state index < -0.39 is 11.6 Å². The summed E-state index contributed by atoms with van der Waals surface area (Å²) >= 11 is 0. The van der Waals surface area contributed by atoms with Crippen LogP contribution in [0, 0.1) is 0 Å². The molecule has 0 aliphatic carbocycles. The van der Waals surface area contributed by atoms with E-state index in [9.17, 15) is 4.79 Å². The lowest BCUT2D eigenvalue weighted by atomic mass is 9.99. The molecule has 1 atom stereocenters. The lowest BCUT2D eigenvalue weighted by Crippen LogP contribution is -2.33. The fraction of sp³-hybridized carbons (Fsp3) is 0.188. The SMILES string of the molecule is CC(C)(C)OC(=O)[C@@H](Cc1ccc(-c2ccccc2)cc1)N=C(c1ccccc1)c1ccccc1. The van der Waals surface area contributed by atoms with Crippen LogP contribution in [0.5, 0.6) is 0 Å². The van der Waals surface area contributed by atoms with Gasteiger partial charge < -0.3 is 4.74 Å². The zero-order chi connectivity index (χ0) is 24.7. The molecule has 0 bridgehead atoms. The Morgan fingerprint density at radius 2 is 1.14 bits per heavy atom. The smallest absolute Gasteiger partial charge is 0.331 e. The Labute approximate surface area is 208 Å². The van der Waals surface area contributed by atoms with Crippen molar-refractivity contribution in [2.45, 2.75) is 38.8 Å². The molecule has 3 nitrogen and oxygen atoms in total. The van der Waals surface area contributed by atoms with E-state index in [0.29, 0.717) is 6.42 Å². The first kappa shape index (κ1) is 24.2. The number of esters is 1. The third-order valence-corrected chi connectivity index (χ3v) is 5.55. The molecule has 0 fully saturated rings. The van der Waals surface area contributed by atoms with Gasteiger partial charge in [0.1, 0.15) is 5.60 Å². The molecule has 176 valence electrons. The molecular weight excluding hydrogens is 430 g/mol. The van der Waals surface area contributed by atoms with Gasteiger partial charge in [0.25, 0.3) is 0 Å². The average Bonchev–Trinajstić information content (AvgIpc) is 2.87. The lowest BCUT2D eigenvalue weighted by molar-refractivity contribution is -0.156. The van der Waals surface area contributed by atoms with Gasteiger partial charge in [0, 0.05) is 17.5 Å². The fourth-order valence-corrected chi connectivity index (χ4v) is 3.90. The van der Waals surface area contributed by atoms with E-state index in [4.69, 9.17) is 9.73 Å². The molecule has 0 aliphatic rings. The van der Waals surface area contributed by atoms with Crippen molar-refractivity contribution in [1.29, 1.82) is 0 Å². The van der Waals surface area contributed by atoms with E-state index in [-0.39, 0.29) is 5.97 Å². The second-order valence-electron chi connectivity index (χ2n) is 9.53. The van der Waals surface area contributed by atoms with Crippen LogP contribution >= 0.6 is 0 Å². The summed E-state index contributed by atoms with van der Waals surface area (Å²) in [6.07, 6.45) is 0.452. The normalized spacial score (nSPS) is 12.0. The summed E-state index contributed by atoms with van der Waals surface area (Å²) in [6.45, 7) is 5.65. The fourth-order valence-electron chi connectivity index (χ4n) is 3.90. The van der Waals surface area contributed by atoms with Gasteiger partial charge in [-0.25, -0.2) is 4.79 Å². The van der Waals surface area contributed by atoms with Crippen LogP contribution in [-0.2, 0) is 16.0 Å². The van der Waals surface area contributed by atoms with Gasteiger partial charge in [0.2, 0.25) is 0 Å². The summed E-state index contributed by atoms with van der Waals surface area (Å²) in [5.41, 5.74) is 5.45. The predicted molar refractivity (Wildman–Crippen MR) is 144 cm³/mol. The molecule has 0 aliphatic heterocycles. The number of carbonyl (C=O) groups excluding carboxylic acids is 1. The van der Waals surface area contributed by atoms with Crippen molar-refractivity contribution >= 4 is 11.7 Å². The van der Waals surface area contributed by atoms with E-state index >= 15 is 0 Å². The minimum absolute atomic E-state index is 0.325. The standard InChI is InChI=1S/C32H31NO2/c1-32(2,3)35-31(34)29(23-24-19-21-26(22-20-24)25-13-7-4-8-14-25)33-30(27-15-9-5-10-16-27)28-17-11-6-12-18-28/h4-22,29H,23H2,1-3H3/t29-/m1/s1. The largest absolute Gasteiger partial charge is 0.458 e. The molecular formula is C32H31NO2. The quantitative estimate of drug-likeness (QED) is 0.217. The number of carbonyl (C=O) groups is 1. The highest BCUT2D eigenvalue weighted by Crippen LogP contribution is 2.22. The van der Waals surface area contributed by atoms with E-state index in [2.05, 4.69) is 36.4 Å². The first-order valence-corrected chi connectivity index (χ1v) is 11.9. The van der Waals surface area contributed by atoms with Crippen molar-refractivity contribution in [2.24, 2.45) is 4.99 Å². The third kappa shape index (κ3) is 6.77. The molecule has 0 heterocycles. The summed E-state index contributed by atoms with van der Waals surface area (Å²) in [6, 6.07) is 37.9. The minimum Gasteiger partial charge on any atom is -0.458 e. The van der Waals surface area contributed by atoms with Gasteiger partial charge in [-0.1, -0.05) is 115 Å². The molecule has 0 spiro atoms. The highest BCUT2D eigenvalue weighted by molar-refractivity contribution is 6.13. The molecule has 35 heavy (non-hydrogen) atoms. The summed E-state index contributed by atoms with van der Waals surface area (Å²) in [4.78, 5) is 18.3. The van der Waals surface area contributed by atoms with Crippen LogP contribution < -0.4 is 0 Å². The average molecular weight is 462 g/mol. The maximum absolute atomic E-state index is 13.3. The zero-order valence-corrected chi connectivity index (χ0v) is 20.5. The van der Waals surface area contributed by atoms with Crippen LogP contribution in [0.2, 0.25) is 0 Å². The number of rotatable bonds is 7. The van der Waals surface area contributed by atoms with Gasteiger partial charge in [0.15, 0.2) is 6.04 Å². The summed E-state index contributed by atoms with van der Waals surface area (Å²) in [5.74, 6) is -0.325. The van der Waals surface area contributed by atoms with E-state index in [0.717, 1.165) is 33.5 Å². The van der Waals surface area contributed by atoms with Gasteiger partial charge in [-0.2, -0.15) is 0 Å². The molecule has 0 aromatic heterocycles. The van der Waals surface area contributed by atoms with Gasteiger partial charge in [-0.3, -0.25) is 4.99 Å². The Balaban J connectivity index is 1.70. The van der Waals surface area contributed by atoms with Crippen LogP contribution in [0.15, 0.2) is 120 Å². The molecule has 0 N–H and O–H groups in total. The van der Waals surface area contributed by atoms with Gasteiger partial charge >= 0.3 is 5.97 Å². The minimum atomic E-state index is -0.674.